The normalized spacial score (nSPS) is 24.0. The summed E-state index contributed by atoms with van der Waals surface area (Å²) in [6.07, 6.45) is 0.887. The molecule has 1 aromatic carbocycles. The van der Waals surface area contributed by atoms with E-state index in [4.69, 9.17) is 4.74 Å². The number of rotatable bonds is 2. The van der Waals surface area contributed by atoms with Gasteiger partial charge in [0.05, 0.1) is 12.7 Å². The highest BCUT2D eigenvalue weighted by Gasteiger charge is 2.35. The number of carbonyl (C=O) groups excluding carboxylic acids is 2. The van der Waals surface area contributed by atoms with Gasteiger partial charge in [-0.15, -0.1) is 0 Å². The van der Waals surface area contributed by atoms with E-state index < -0.39 is 0 Å². The quantitative estimate of drug-likeness (QED) is 0.892. The number of carbonyl (C=O) groups is 2. The third kappa shape index (κ3) is 4.06. The molecular formula is C18H25N3O3. The van der Waals surface area contributed by atoms with E-state index in [-0.39, 0.29) is 18.0 Å². The number of benzene rings is 1. The number of nitrogens with one attached hydrogen (secondary N) is 1. The van der Waals surface area contributed by atoms with Crippen molar-refractivity contribution < 1.29 is 14.3 Å². The van der Waals surface area contributed by atoms with E-state index >= 15 is 0 Å². The maximum atomic E-state index is 12.4. The van der Waals surface area contributed by atoms with Crippen molar-refractivity contribution in [3.8, 4) is 0 Å². The van der Waals surface area contributed by atoms with E-state index in [9.17, 15) is 9.59 Å². The molecule has 2 saturated heterocycles. The molecule has 0 saturated carbocycles. The molecule has 2 aliphatic rings. The highest BCUT2D eigenvalue weighted by Crippen LogP contribution is 2.24. The maximum absolute atomic E-state index is 12.4. The van der Waals surface area contributed by atoms with Crippen molar-refractivity contribution in [1.29, 1.82) is 0 Å². The number of urea groups is 1. The molecule has 6 nitrogen and oxygen atoms in total. The van der Waals surface area contributed by atoms with Crippen molar-refractivity contribution in [2.45, 2.75) is 26.0 Å². The standard InChI is InChI=1S/C18H25N3O3/c1-14(22)20-9-10-24-17-13-21(8-7-16(17)12-20)18(23)19-11-15-5-3-2-4-6-15/h2-6,16-17H,7-13H2,1H3,(H,19,23)/t16-,17-/m0/s1. The first-order valence-corrected chi connectivity index (χ1v) is 8.57. The van der Waals surface area contributed by atoms with Crippen LogP contribution in [0.1, 0.15) is 18.9 Å². The Hall–Kier alpha value is -2.08. The summed E-state index contributed by atoms with van der Waals surface area (Å²) in [4.78, 5) is 27.7. The molecule has 6 heteroatoms. The Bertz CT molecular complexity index is 578. The van der Waals surface area contributed by atoms with E-state index in [1.165, 1.54) is 0 Å². The van der Waals surface area contributed by atoms with E-state index in [0.717, 1.165) is 18.5 Å². The van der Waals surface area contributed by atoms with Gasteiger partial charge in [-0.05, 0) is 12.0 Å². The number of hydrogen-bond acceptors (Lipinski definition) is 3. The number of fused-ring (bicyclic) bond motifs is 1. The van der Waals surface area contributed by atoms with Crippen molar-refractivity contribution in [1.82, 2.24) is 15.1 Å². The van der Waals surface area contributed by atoms with Crippen molar-refractivity contribution in [2.24, 2.45) is 5.92 Å². The van der Waals surface area contributed by atoms with Crippen LogP contribution in [-0.2, 0) is 16.1 Å². The van der Waals surface area contributed by atoms with Gasteiger partial charge in [-0.2, -0.15) is 0 Å². The highest BCUT2D eigenvalue weighted by atomic mass is 16.5. The number of hydrogen-bond donors (Lipinski definition) is 1. The molecule has 0 radical (unpaired) electrons. The predicted molar refractivity (Wildman–Crippen MR) is 90.4 cm³/mol. The van der Waals surface area contributed by atoms with Crippen LogP contribution in [0.3, 0.4) is 0 Å². The van der Waals surface area contributed by atoms with Gasteiger partial charge in [-0.1, -0.05) is 30.3 Å². The molecule has 0 bridgehead atoms. The Balaban J connectivity index is 1.52. The summed E-state index contributed by atoms with van der Waals surface area (Å²) >= 11 is 0. The summed E-state index contributed by atoms with van der Waals surface area (Å²) in [6.45, 7) is 5.35. The molecule has 3 amide bonds. The van der Waals surface area contributed by atoms with Gasteiger partial charge < -0.3 is 19.9 Å². The summed E-state index contributed by atoms with van der Waals surface area (Å²) in [6, 6.07) is 9.84. The number of amides is 3. The average Bonchev–Trinajstić information content (AvgIpc) is 2.82. The molecule has 1 N–H and O–H groups in total. The van der Waals surface area contributed by atoms with Crippen LogP contribution in [0.5, 0.6) is 0 Å². The predicted octanol–water partition coefficient (Wildman–Crippen LogP) is 1.47. The lowest BCUT2D eigenvalue weighted by Gasteiger charge is -2.37. The van der Waals surface area contributed by atoms with Crippen molar-refractivity contribution in [3.05, 3.63) is 35.9 Å². The first-order valence-electron chi connectivity index (χ1n) is 8.57. The monoisotopic (exact) mass is 331 g/mol. The van der Waals surface area contributed by atoms with Crippen LogP contribution < -0.4 is 5.32 Å². The fourth-order valence-corrected chi connectivity index (χ4v) is 3.41. The van der Waals surface area contributed by atoms with E-state index in [1.54, 1.807) is 6.92 Å². The van der Waals surface area contributed by atoms with Crippen molar-refractivity contribution in [2.75, 3.05) is 32.8 Å². The number of likely N-dealkylation sites (tertiary alicyclic amines) is 1. The molecule has 2 fully saturated rings. The van der Waals surface area contributed by atoms with Gasteiger partial charge >= 0.3 is 6.03 Å². The number of nitrogens with zero attached hydrogens (tertiary/aromatic N) is 2. The first kappa shape index (κ1) is 16.8. The summed E-state index contributed by atoms with van der Waals surface area (Å²) in [5.74, 6) is 0.414. The molecule has 0 aliphatic carbocycles. The zero-order chi connectivity index (χ0) is 16.9. The van der Waals surface area contributed by atoms with Gasteiger partial charge in [0.25, 0.3) is 0 Å². The Morgan fingerprint density at radius 3 is 2.71 bits per heavy atom. The molecule has 2 heterocycles. The van der Waals surface area contributed by atoms with Crippen molar-refractivity contribution >= 4 is 11.9 Å². The summed E-state index contributed by atoms with van der Waals surface area (Å²) in [5.41, 5.74) is 1.09. The van der Waals surface area contributed by atoms with Crippen LogP contribution in [0, 0.1) is 5.92 Å². The molecule has 24 heavy (non-hydrogen) atoms. The summed E-state index contributed by atoms with van der Waals surface area (Å²) in [7, 11) is 0. The van der Waals surface area contributed by atoms with Gasteiger partial charge in [-0.3, -0.25) is 4.79 Å². The average molecular weight is 331 g/mol. The first-order chi connectivity index (χ1) is 11.6. The van der Waals surface area contributed by atoms with Crippen LogP contribution in [0.25, 0.3) is 0 Å². The Morgan fingerprint density at radius 1 is 1.17 bits per heavy atom. The lowest BCUT2D eigenvalue weighted by Crippen LogP contribution is -2.52. The minimum Gasteiger partial charge on any atom is -0.374 e. The summed E-state index contributed by atoms with van der Waals surface area (Å²) in [5, 5.41) is 2.97. The molecule has 0 unspecified atom stereocenters. The molecule has 3 rings (SSSR count). The molecule has 0 aromatic heterocycles. The number of piperidine rings is 1. The molecule has 1 aromatic rings. The van der Waals surface area contributed by atoms with E-state index in [1.807, 2.05) is 40.1 Å². The molecular weight excluding hydrogens is 306 g/mol. The van der Waals surface area contributed by atoms with E-state index in [0.29, 0.717) is 38.7 Å². The second kappa shape index (κ2) is 7.66. The second-order valence-electron chi connectivity index (χ2n) is 6.51. The Kier molecular flexibility index (Phi) is 5.35. The largest absolute Gasteiger partial charge is 0.374 e. The fourth-order valence-electron chi connectivity index (χ4n) is 3.41. The van der Waals surface area contributed by atoms with E-state index in [2.05, 4.69) is 5.32 Å². The van der Waals surface area contributed by atoms with Crippen molar-refractivity contribution in [3.63, 3.8) is 0 Å². The SMILES string of the molecule is CC(=O)N1CCO[C@H]2CN(C(=O)NCc3ccccc3)CC[C@H]2C1. The fraction of sp³-hybridized carbons (Fsp3) is 0.556. The lowest BCUT2D eigenvalue weighted by atomic mass is 9.93. The topological polar surface area (TPSA) is 61.9 Å². The van der Waals surface area contributed by atoms with Gasteiger partial charge in [-0.25, -0.2) is 4.79 Å². The van der Waals surface area contributed by atoms with Crippen LogP contribution in [0.2, 0.25) is 0 Å². The highest BCUT2D eigenvalue weighted by molar-refractivity contribution is 5.74. The third-order valence-electron chi connectivity index (χ3n) is 4.86. The Morgan fingerprint density at radius 2 is 1.96 bits per heavy atom. The minimum atomic E-state index is -0.0476. The van der Waals surface area contributed by atoms with Crippen LogP contribution >= 0.6 is 0 Å². The molecule has 2 atom stereocenters. The van der Waals surface area contributed by atoms with Crippen LogP contribution in [-0.4, -0.2) is 60.6 Å². The minimum absolute atomic E-state index is 0.0191. The lowest BCUT2D eigenvalue weighted by molar-refractivity contribution is -0.129. The maximum Gasteiger partial charge on any atom is 0.317 e. The Labute approximate surface area is 142 Å². The van der Waals surface area contributed by atoms with Crippen LogP contribution in [0.4, 0.5) is 4.79 Å². The van der Waals surface area contributed by atoms with Crippen LogP contribution in [0.15, 0.2) is 30.3 Å². The second-order valence-corrected chi connectivity index (χ2v) is 6.51. The third-order valence-corrected chi connectivity index (χ3v) is 4.86. The van der Waals surface area contributed by atoms with Gasteiger partial charge in [0.15, 0.2) is 0 Å². The zero-order valence-electron chi connectivity index (χ0n) is 14.1. The van der Waals surface area contributed by atoms with Gasteiger partial charge in [0.2, 0.25) is 5.91 Å². The summed E-state index contributed by atoms with van der Waals surface area (Å²) < 4.78 is 5.91. The van der Waals surface area contributed by atoms with Gasteiger partial charge in [0.1, 0.15) is 0 Å². The number of ether oxygens (including phenoxy) is 1. The molecule has 2 aliphatic heterocycles. The molecule has 130 valence electrons. The smallest absolute Gasteiger partial charge is 0.317 e. The zero-order valence-corrected chi connectivity index (χ0v) is 14.1. The molecule has 0 spiro atoms. The van der Waals surface area contributed by atoms with Gasteiger partial charge in [0, 0.05) is 45.6 Å².